The van der Waals surface area contributed by atoms with E-state index in [0.29, 0.717) is 17.9 Å². The second-order valence-corrected chi connectivity index (χ2v) is 7.50. The summed E-state index contributed by atoms with van der Waals surface area (Å²) in [6.07, 6.45) is 11.6. The van der Waals surface area contributed by atoms with Crippen LogP contribution < -0.4 is 5.32 Å². The first-order valence-corrected chi connectivity index (χ1v) is 8.88. The van der Waals surface area contributed by atoms with Crippen molar-refractivity contribution in [2.24, 2.45) is 11.8 Å². The molecule has 116 valence electrons. The molecule has 4 fully saturated rings. The van der Waals surface area contributed by atoms with E-state index in [9.17, 15) is 9.59 Å². The molecule has 1 saturated heterocycles. The molecule has 4 nitrogen and oxygen atoms in total. The maximum atomic E-state index is 13.0. The third-order valence-corrected chi connectivity index (χ3v) is 5.77. The van der Waals surface area contributed by atoms with Gasteiger partial charge in [-0.15, -0.1) is 0 Å². The summed E-state index contributed by atoms with van der Waals surface area (Å²) in [5.41, 5.74) is 0. The smallest absolute Gasteiger partial charge is 0.246 e. The molecular weight excluding hydrogens is 264 g/mol. The third-order valence-electron chi connectivity index (χ3n) is 5.77. The molecule has 1 aliphatic heterocycles. The van der Waals surface area contributed by atoms with Gasteiger partial charge in [0.25, 0.3) is 0 Å². The maximum absolute atomic E-state index is 13.0. The minimum Gasteiger partial charge on any atom is -0.342 e. The lowest BCUT2D eigenvalue weighted by Crippen LogP contribution is -2.67. The van der Waals surface area contributed by atoms with E-state index in [1.54, 1.807) is 0 Å². The lowest BCUT2D eigenvalue weighted by atomic mass is 9.95. The lowest BCUT2D eigenvalue weighted by Gasteiger charge is -2.44. The summed E-state index contributed by atoms with van der Waals surface area (Å²) in [5.74, 6) is 1.21. The summed E-state index contributed by atoms with van der Waals surface area (Å²) in [4.78, 5) is 27.7. The molecule has 1 N–H and O–H groups in total. The van der Waals surface area contributed by atoms with E-state index in [0.717, 1.165) is 38.5 Å². The molecule has 1 heterocycles. The Morgan fingerprint density at radius 3 is 2.00 bits per heavy atom. The molecule has 4 aliphatic rings. The topological polar surface area (TPSA) is 49.4 Å². The fourth-order valence-corrected chi connectivity index (χ4v) is 4.27. The van der Waals surface area contributed by atoms with Crippen LogP contribution in [0.1, 0.15) is 64.2 Å². The average Bonchev–Trinajstić information content (AvgIpc) is 3.32. The Hall–Kier alpha value is -1.06. The zero-order valence-electron chi connectivity index (χ0n) is 12.7. The van der Waals surface area contributed by atoms with Gasteiger partial charge in [-0.2, -0.15) is 0 Å². The molecule has 2 amide bonds. The number of hydrogen-bond donors (Lipinski definition) is 1. The molecule has 0 radical (unpaired) electrons. The molecule has 0 aromatic carbocycles. The molecule has 0 aromatic heterocycles. The van der Waals surface area contributed by atoms with Gasteiger partial charge in [0.05, 0.1) is 0 Å². The van der Waals surface area contributed by atoms with Gasteiger partial charge in [-0.25, -0.2) is 0 Å². The number of nitrogens with one attached hydrogen (secondary N) is 1. The maximum Gasteiger partial charge on any atom is 0.246 e. The Labute approximate surface area is 126 Å². The van der Waals surface area contributed by atoms with Gasteiger partial charge in [0.1, 0.15) is 12.1 Å². The SMILES string of the molecule is O=C1NC(C2CC2)C(=O)N(C2CCCCCC2)C1C1CC1. The molecule has 0 spiro atoms. The van der Waals surface area contributed by atoms with Crippen molar-refractivity contribution in [2.45, 2.75) is 82.3 Å². The zero-order valence-corrected chi connectivity index (χ0v) is 12.7. The fourth-order valence-electron chi connectivity index (χ4n) is 4.27. The van der Waals surface area contributed by atoms with Crippen LogP contribution in [0.15, 0.2) is 0 Å². The molecule has 4 heteroatoms. The second kappa shape index (κ2) is 5.29. The van der Waals surface area contributed by atoms with Gasteiger partial charge in [-0.05, 0) is 50.4 Å². The molecule has 2 atom stereocenters. The van der Waals surface area contributed by atoms with Crippen LogP contribution in [0.3, 0.4) is 0 Å². The van der Waals surface area contributed by atoms with Gasteiger partial charge < -0.3 is 10.2 Å². The highest BCUT2D eigenvalue weighted by Crippen LogP contribution is 2.42. The van der Waals surface area contributed by atoms with Crippen molar-refractivity contribution in [2.75, 3.05) is 0 Å². The van der Waals surface area contributed by atoms with Gasteiger partial charge >= 0.3 is 0 Å². The quantitative estimate of drug-likeness (QED) is 0.810. The van der Waals surface area contributed by atoms with Gasteiger partial charge in [-0.1, -0.05) is 25.7 Å². The van der Waals surface area contributed by atoms with E-state index in [1.807, 2.05) is 0 Å². The van der Waals surface area contributed by atoms with Gasteiger partial charge in [0.15, 0.2) is 0 Å². The minimum atomic E-state index is -0.212. The van der Waals surface area contributed by atoms with Crippen LogP contribution in [0.4, 0.5) is 0 Å². The summed E-state index contributed by atoms with van der Waals surface area (Å²) in [6, 6.07) is -0.0516. The number of nitrogens with zero attached hydrogens (tertiary/aromatic N) is 1. The monoisotopic (exact) mass is 290 g/mol. The molecular formula is C17H26N2O2. The summed E-state index contributed by atoms with van der Waals surface area (Å²) in [5, 5.41) is 3.05. The number of rotatable bonds is 3. The Bertz CT molecular complexity index is 434. The van der Waals surface area contributed by atoms with Crippen molar-refractivity contribution in [1.82, 2.24) is 10.2 Å². The first kappa shape index (κ1) is 13.6. The van der Waals surface area contributed by atoms with Crippen molar-refractivity contribution in [1.29, 1.82) is 0 Å². The molecule has 0 aromatic rings. The summed E-state index contributed by atoms with van der Waals surface area (Å²) >= 11 is 0. The van der Waals surface area contributed by atoms with E-state index in [2.05, 4.69) is 10.2 Å². The van der Waals surface area contributed by atoms with E-state index in [4.69, 9.17) is 0 Å². The van der Waals surface area contributed by atoms with Crippen LogP contribution in [-0.4, -0.2) is 34.8 Å². The number of carbonyl (C=O) groups is 2. The lowest BCUT2D eigenvalue weighted by molar-refractivity contribution is -0.154. The van der Waals surface area contributed by atoms with E-state index in [1.165, 1.54) is 25.7 Å². The molecule has 4 rings (SSSR count). The van der Waals surface area contributed by atoms with Gasteiger partial charge in [0, 0.05) is 6.04 Å². The van der Waals surface area contributed by atoms with Crippen LogP contribution in [0.5, 0.6) is 0 Å². The number of carbonyl (C=O) groups excluding carboxylic acids is 2. The Kier molecular flexibility index (Phi) is 3.43. The molecule has 0 bridgehead atoms. The summed E-state index contributed by atoms with van der Waals surface area (Å²) in [7, 11) is 0. The van der Waals surface area contributed by atoms with Crippen LogP contribution in [0.25, 0.3) is 0 Å². The normalized spacial score (nSPS) is 35.5. The summed E-state index contributed by atoms with van der Waals surface area (Å²) in [6.45, 7) is 0. The van der Waals surface area contributed by atoms with Crippen molar-refractivity contribution < 1.29 is 9.59 Å². The van der Waals surface area contributed by atoms with Crippen molar-refractivity contribution in [3.8, 4) is 0 Å². The van der Waals surface area contributed by atoms with Crippen LogP contribution in [0, 0.1) is 11.8 Å². The zero-order chi connectivity index (χ0) is 14.4. The fraction of sp³-hybridized carbons (Fsp3) is 0.882. The average molecular weight is 290 g/mol. The van der Waals surface area contributed by atoms with E-state index < -0.39 is 0 Å². The van der Waals surface area contributed by atoms with Crippen LogP contribution >= 0.6 is 0 Å². The Morgan fingerprint density at radius 2 is 1.43 bits per heavy atom. The highest BCUT2D eigenvalue weighted by Gasteiger charge is 2.52. The molecule has 3 aliphatic carbocycles. The highest BCUT2D eigenvalue weighted by molar-refractivity contribution is 5.98. The van der Waals surface area contributed by atoms with Crippen LogP contribution in [0.2, 0.25) is 0 Å². The Balaban J connectivity index is 1.60. The first-order chi connectivity index (χ1) is 10.3. The first-order valence-electron chi connectivity index (χ1n) is 8.88. The van der Waals surface area contributed by atoms with Gasteiger partial charge in [-0.3, -0.25) is 9.59 Å². The molecule has 2 unspecified atom stereocenters. The van der Waals surface area contributed by atoms with Crippen LogP contribution in [-0.2, 0) is 9.59 Å². The number of hydrogen-bond acceptors (Lipinski definition) is 2. The minimum absolute atomic E-state index is 0.137. The highest BCUT2D eigenvalue weighted by atomic mass is 16.2. The predicted octanol–water partition coefficient (Wildman–Crippen LogP) is 2.22. The molecule has 3 saturated carbocycles. The third kappa shape index (κ3) is 2.58. The molecule has 21 heavy (non-hydrogen) atoms. The van der Waals surface area contributed by atoms with Gasteiger partial charge in [0.2, 0.25) is 11.8 Å². The van der Waals surface area contributed by atoms with Crippen molar-refractivity contribution in [3.63, 3.8) is 0 Å². The number of piperazine rings is 1. The van der Waals surface area contributed by atoms with Crippen molar-refractivity contribution >= 4 is 11.8 Å². The largest absolute Gasteiger partial charge is 0.342 e. The number of amides is 2. The Morgan fingerprint density at radius 1 is 0.810 bits per heavy atom. The standard InChI is InChI=1S/C17H26N2O2/c20-16-15(12-9-10-12)19(13-5-3-1-2-4-6-13)17(21)14(18-16)11-7-8-11/h11-15H,1-10H2,(H,18,20). The van der Waals surface area contributed by atoms with Crippen molar-refractivity contribution in [3.05, 3.63) is 0 Å². The summed E-state index contributed by atoms with van der Waals surface area (Å²) < 4.78 is 0. The van der Waals surface area contributed by atoms with E-state index >= 15 is 0 Å². The van der Waals surface area contributed by atoms with E-state index in [-0.39, 0.29) is 23.9 Å². The second-order valence-electron chi connectivity index (χ2n) is 7.50. The predicted molar refractivity (Wildman–Crippen MR) is 79.5 cm³/mol.